The summed E-state index contributed by atoms with van der Waals surface area (Å²) in [4.78, 5) is 12.6. The molecule has 4 rings (SSSR count). The predicted molar refractivity (Wildman–Crippen MR) is 127 cm³/mol. The fraction of sp³-hybridized carbons (Fsp3) is 0.360. The number of anilines is 1. The van der Waals surface area contributed by atoms with E-state index in [0.29, 0.717) is 31.1 Å². The number of H-pyrrole nitrogens is 1. The van der Waals surface area contributed by atoms with Crippen LogP contribution in [0, 0.1) is 18.7 Å². The number of rotatable bonds is 6. The Hall–Kier alpha value is -3.07. The molecule has 10 heteroatoms. The maximum atomic E-state index is 13.3. The first-order valence-corrected chi connectivity index (χ1v) is 11.7. The molecule has 0 atom stereocenters. The van der Waals surface area contributed by atoms with Gasteiger partial charge in [-0.1, -0.05) is 23.7 Å². The summed E-state index contributed by atoms with van der Waals surface area (Å²) in [5.41, 5.74) is 1.55. The van der Waals surface area contributed by atoms with Crippen molar-refractivity contribution in [3.8, 4) is 11.1 Å². The highest BCUT2D eigenvalue weighted by Crippen LogP contribution is 2.33. The van der Waals surface area contributed by atoms with Gasteiger partial charge < -0.3 is 10.6 Å². The van der Waals surface area contributed by atoms with Crippen molar-refractivity contribution in [2.45, 2.75) is 44.8 Å². The van der Waals surface area contributed by atoms with E-state index in [1.54, 1.807) is 12.1 Å². The number of nitrogens with zero attached hydrogens (tertiary/aromatic N) is 1. The molecule has 1 heterocycles. The number of aryl methyl sites for hydroxylation is 1. The van der Waals surface area contributed by atoms with Gasteiger partial charge in [0, 0.05) is 23.8 Å². The lowest BCUT2D eigenvalue weighted by atomic mass is 9.86. The number of aromatic amines is 1. The van der Waals surface area contributed by atoms with E-state index in [-0.39, 0.29) is 22.4 Å². The molecule has 1 aliphatic carbocycles. The molecule has 35 heavy (non-hydrogen) atoms. The number of nitrogens with one attached hydrogen (secondary N) is 3. The molecule has 2 aromatic carbocycles. The highest BCUT2D eigenvalue weighted by atomic mass is 35.5. The van der Waals surface area contributed by atoms with Crippen LogP contribution >= 0.6 is 11.6 Å². The third-order valence-electron chi connectivity index (χ3n) is 6.36. The highest BCUT2D eigenvalue weighted by Gasteiger charge is 2.32. The van der Waals surface area contributed by atoms with Crippen molar-refractivity contribution in [2.75, 3.05) is 11.9 Å². The molecule has 0 unspecified atom stereocenters. The Morgan fingerprint density at radius 1 is 1.11 bits per heavy atom. The Bertz CT molecular complexity index is 1190. The van der Waals surface area contributed by atoms with Crippen molar-refractivity contribution < 1.29 is 22.4 Å². The summed E-state index contributed by atoms with van der Waals surface area (Å²) in [5, 5.41) is 13.5. The quantitative estimate of drug-likeness (QED) is 0.329. The predicted octanol–water partition coefficient (Wildman–Crippen LogP) is 6.60. The second-order valence-electron chi connectivity index (χ2n) is 8.84. The lowest BCUT2D eigenvalue weighted by molar-refractivity contribution is -0.137. The van der Waals surface area contributed by atoms with Gasteiger partial charge in [0.05, 0.1) is 16.1 Å². The van der Waals surface area contributed by atoms with E-state index in [9.17, 15) is 22.4 Å². The van der Waals surface area contributed by atoms with E-state index in [0.717, 1.165) is 47.9 Å². The largest absolute Gasteiger partial charge is 0.416 e. The Morgan fingerprint density at radius 3 is 2.46 bits per heavy atom. The van der Waals surface area contributed by atoms with E-state index >= 15 is 0 Å². The van der Waals surface area contributed by atoms with Gasteiger partial charge in [-0.15, -0.1) is 0 Å². The number of alkyl halides is 3. The normalized spacial score (nSPS) is 18.3. The fourth-order valence-electron chi connectivity index (χ4n) is 4.42. The van der Waals surface area contributed by atoms with Crippen molar-refractivity contribution in [3.05, 3.63) is 70.1 Å². The van der Waals surface area contributed by atoms with Gasteiger partial charge in [0.1, 0.15) is 5.82 Å². The van der Waals surface area contributed by atoms with E-state index in [1.807, 2.05) is 6.92 Å². The van der Waals surface area contributed by atoms with E-state index < -0.39 is 17.6 Å². The Morgan fingerprint density at radius 2 is 1.80 bits per heavy atom. The van der Waals surface area contributed by atoms with E-state index in [4.69, 9.17) is 11.6 Å². The minimum atomic E-state index is -4.55. The van der Waals surface area contributed by atoms with Gasteiger partial charge in [0.15, 0.2) is 5.82 Å². The number of benzene rings is 2. The molecule has 1 fully saturated rings. The maximum Gasteiger partial charge on any atom is 0.416 e. The number of halogens is 5. The number of hydrogen-bond acceptors (Lipinski definition) is 3. The molecule has 1 aliphatic rings. The molecular formula is C25H25ClF4N4O. The summed E-state index contributed by atoms with van der Waals surface area (Å²) >= 11 is 5.98. The second-order valence-corrected chi connectivity index (χ2v) is 9.25. The van der Waals surface area contributed by atoms with Crippen LogP contribution in [0.5, 0.6) is 0 Å². The zero-order chi connectivity index (χ0) is 25.2. The number of carbonyl (C=O) groups excluding carboxylic acids is 1. The minimum absolute atomic E-state index is 0.0142. The molecule has 0 spiro atoms. The molecule has 5 nitrogen and oxygen atoms in total. The third kappa shape index (κ3) is 5.96. The van der Waals surface area contributed by atoms with Crippen LogP contribution in [0.1, 0.15) is 47.3 Å². The minimum Gasteiger partial charge on any atom is -0.368 e. The summed E-state index contributed by atoms with van der Waals surface area (Å²) in [6, 6.07) is 8.86. The van der Waals surface area contributed by atoms with Gasteiger partial charge >= 0.3 is 6.18 Å². The molecular weight excluding hydrogens is 484 g/mol. The van der Waals surface area contributed by atoms with Crippen LogP contribution in [-0.2, 0) is 6.18 Å². The number of carbonyl (C=O) groups is 1. The van der Waals surface area contributed by atoms with Crippen molar-refractivity contribution in [2.24, 2.45) is 5.92 Å². The molecule has 0 radical (unpaired) electrons. The Kier molecular flexibility index (Phi) is 7.35. The van der Waals surface area contributed by atoms with Gasteiger partial charge in [0.2, 0.25) is 0 Å². The van der Waals surface area contributed by atoms with Crippen molar-refractivity contribution in [1.82, 2.24) is 15.5 Å². The molecule has 3 N–H and O–H groups in total. The van der Waals surface area contributed by atoms with Crippen molar-refractivity contribution in [3.63, 3.8) is 0 Å². The van der Waals surface area contributed by atoms with Crippen molar-refractivity contribution >= 4 is 23.3 Å². The lowest BCUT2D eigenvalue weighted by Gasteiger charge is -2.29. The highest BCUT2D eigenvalue weighted by molar-refractivity contribution is 6.33. The zero-order valence-corrected chi connectivity index (χ0v) is 19.7. The first-order chi connectivity index (χ1) is 16.6. The van der Waals surface area contributed by atoms with E-state index in [2.05, 4.69) is 20.8 Å². The zero-order valence-electron chi connectivity index (χ0n) is 19.0. The molecule has 1 amide bonds. The van der Waals surface area contributed by atoms with Gasteiger partial charge in [-0.05, 0) is 74.4 Å². The molecule has 0 bridgehead atoms. The summed E-state index contributed by atoms with van der Waals surface area (Å²) < 4.78 is 52.3. The third-order valence-corrected chi connectivity index (χ3v) is 6.69. The number of amides is 1. The maximum absolute atomic E-state index is 13.3. The van der Waals surface area contributed by atoms with Crippen LogP contribution in [0.15, 0.2) is 42.5 Å². The standard InChI is InChI=1S/C25H25ClF4N4O/c1-14-22(16-4-7-18(27)8-5-16)23(34-33-14)31-13-15-2-9-19(10-3-15)32-24(35)20-12-17(25(28,29)30)6-11-21(20)26/h4-8,11-12,15,19H,2-3,9-10,13H2,1H3,(H,32,35)(H2,31,33,34). The van der Waals surface area contributed by atoms with Crippen LogP contribution in [0.2, 0.25) is 5.02 Å². The molecule has 3 aromatic rings. The monoisotopic (exact) mass is 508 g/mol. The summed E-state index contributed by atoms with van der Waals surface area (Å²) in [6.07, 6.45) is -1.46. The van der Waals surface area contributed by atoms with Gasteiger partial charge in [-0.25, -0.2) is 4.39 Å². The average molecular weight is 509 g/mol. The average Bonchev–Trinajstić information content (AvgIpc) is 3.19. The summed E-state index contributed by atoms with van der Waals surface area (Å²) in [6.45, 7) is 2.58. The van der Waals surface area contributed by atoms with Crippen LogP contribution in [0.4, 0.5) is 23.4 Å². The van der Waals surface area contributed by atoms with E-state index in [1.165, 1.54) is 12.1 Å². The fourth-order valence-corrected chi connectivity index (χ4v) is 4.62. The summed E-state index contributed by atoms with van der Waals surface area (Å²) in [7, 11) is 0. The summed E-state index contributed by atoms with van der Waals surface area (Å²) in [5.74, 6) is 0.143. The van der Waals surface area contributed by atoms with Gasteiger partial charge in [0.25, 0.3) is 5.91 Å². The van der Waals surface area contributed by atoms with Crippen LogP contribution in [0.25, 0.3) is 11.1 Å². The van der Waals surface area contributed by atoms with Gasteiger partial charge in [-0.2, -0.15) is 18.3 Å². The molecule has 186 valence electrons. The lowest BCUT2D eigenvalue weighted by Crippen LogP contribution is -2.38. The van der Waals surface area contributed by atoms with Crippen LogP contribution < -0.4 is 10.6 Å². The topological polar surface area (TPSA) is 69.8 Å². The Labute approximate surface area is 205 Å². The number of aromatic nitrogens is 2. The van der Waals surface area contributed by atoms with Gasteiger partial charge in [-0.3, -0.25) is 9.89 Å². The molecule has 0 aliphatic heterocycles. The first kappa shape index (κ1) is 25.0. The van der Waals surface area contributed by atoms with Crippen LogP contribution in [-0.4, -0.2) is 28.7 Å². The number of hydrogen-bond donors (Lipinski definition) is 3. The van der Waals surface area contributed by atoms with Crippen molar-refractivity contribution in [1.29, 1.82) is 0 Å². The van der Waals surface area contributed by atoms with Crippen LogP contribution in [0.3, 0.4) is 0 Å². The first-order valence-electron chi connectivity index (χ1n) is 11.3. The smallest absolute Gasteiger partial charge is 0.368 e. The SMILES string of the molecule is Cc1[nH]nc(NCC2CCC(NC(=O)c3cc(C(F)(F)F)ccc3Cl)CC2)c1-c1ccc(F)cc1. The molecule has 0 saturated heterocycles. The second kappa shape index (κ2) is 10.3. The molecule has 1 aromatic heterocycles. The Balaban J connectivity index is 1.31. The molecule has 1 saturated carbocycles.